The van der Waals surface area contributed by atoms with Gasteiger partial charge in [0.05, 0.1) is 0 Å². The molecular weight excluding hydrogens is 214 g/mol. The first-order chi connectivity index (χ1) is 7.66. The van der Waals surface area contributed by atoms with Gasteiger partial charge < -0.3 is 5.32 Å². The summed E-state index contributed by atoms with van der Waals surface area (Å²) in [6.45, 7) is 6.76. The third-order valence-corrected chi connectivity index (χ3v) is 4.71. The van der Waals surface area contributed by atoms with Gasteiger partial charge in [-0.05, 0) is 31.6 Å². The Morgan fingerprint density at radius 1 is 1.44 bits per heavy atom. The van der Waals surface area contributed by atoms with Gasteiger partial charge in [-0.25, -0.2) is 0 Å². The van der Waals surface area contributed by atoms with Crippen LogP contribution in [-0.2, 0) is 0 Å². The van der Waals surface area contributed by atoms with E-state index in [0.717, 1.165) is 5.25 Å². The first kappa shape index (κ1) is 12.0. The van der Waals surface area contributed by atoms with Crippen molar-refractivity contribution < 1.29 is 0 Å². The Bertz CT molecular complexity index is 350. The van der Waals surface area contributed by atoms with Crippen LogP contribution in [0.1, 0.15) is 37.4 Å². The van der Waals surface area contributed by atoms with E-state index in [1.165, 1.54) is 23.3 Å². The zero-order valence-corrected chi connectivity index (χ0v) is 11.2. The van der Waals surface area contributed by atoms with Crippen molar-refractivity contribution in [2.75, 3.05) is 5.75 Å². The molecule has 0 spiro atoms. The Morgan fingerprint density at radius 2 is 2.25 bits per heavy atom. The second-order valence-corrected chi connectivity index (χ2v) is 6.26. The molecule has 0 saturated carbocycles. The second kappa shape index (κ2) is 5.24. The Morgan fingerprint density at radius 3 is 2.88 bits per heavy atom. The average molecular weight is 235 g/mol. The van der Waals surface area contributed by atoms with Crippen LogP contribution in [0, 0.1) is 6.92 Å². The summed E-state index contributed by atoms with van der Waals surface area (Å²) in [5, 5.41) is 4.51. The molecule has 0 bridgehead atoms. The molecule has 2 unspecified atom stereocenters. The summed E-state index contributed by atoms with van der Waals surface area (Å²) in [4.78, 5) is 0. The highest BCUT2D eigenvalue weighted by molar-refractivity contribution is 8.00. The molecule has 2 rings (SSSR count). The van der Waals surface area contributed by atoms with Gasteiger partial charge in [0.15, 0.2) is 0 Å². The maximum Gasteiger partial charge on any atom is 0.0294 e. The van der Waals surface area contributed by atoms with E-state index < -0.39 is 0 Å². The Balaban J connectivity index is 1.99. The topological polar surface area (TPSA) is 12.0 Å². The number of benzene rings is 1. The predicted octanol–water partition coefficient (Wildman–Crippen LogP) is 3.54. The quantitative estimate of drug-likeness (QED) is 0.860. The number of hydrogen-bond acceptors (Lipinski definition) is 2. The lowest BCUT2D eigenvalue weighted by molar-refractivity contribution is 0.454. The van der Waals surface area contributed by atoms with Gasteiger partial charge in [0.2, 0.25) is 0 Å². The fraction of sp³-hybridized carbons (Fsp3) is 0.571. The van der Waals surface area contributed by atoms with Crippen LogP contribution in [0.25, 0.3) is 0 Å². The van der Waals surface area contributed by atoms with Crippen LogP contribution in [0.2, 0.25) is 0 Å². The summed E-state index contributed by atoms with van der Waals surface area (Å²) in [6.07, 6.45) is 1.31. The van der Waals surface area contributed by atoms with E-state index in [1.54, 1.807) is 0 Å². The zero-order valence-electron chi connectivity index (χ0n) is 10.4. The highest BCUT2D eigenvalue weighted by Crippen LogP contribution is 2.28. The molecule has 0 radical (unpaired) electrons. The lowest BCUT2D eigenvalue weighted by atomic mass is 10.0. The van der Waals surface area contributed by atoms with Crippen molar-refractivity contribution in [3.63, 3.8) is 0 Å². The SMILES string of the molecule is Cc1cccc([C@H](C)NC2CCSC2C)c1. The molecule has 1 aliphatic rings. The lowest BCUT2D eigenvalue weighted by Crippen LogP contribution is -2.35. The molecule has 1 N–H and O–H groups in total. The van der Waals surface area contributed by atoms with E-state index in [1.807, 2.05) is 0 Å². The van der Waals surface area contributed by atoms with Crippen molar-refractivity contribution in [3.05, 3.63) is 35.4 Å². The Kier molecular flexibility index (Phi) is 3.93. The monoisotopic (exact) mass is 235 g/mol. The average Bonchev–Trinajstić information content (AvgIpc) is 2.64. The van der Waals surface area contributed by atoms with Gasteiger partial charge in [-0.15, -0.1) is 0 Å². The van der Waals surface area contributed by atoms with Gasteiger partial charge in [0, 0.05) is 17.3 Å². The van der Waals surface area contributed by atoms with Crippen LogP contribution in [0.15, 0.2) is 24.3 Å². The van der Waals surface area contributed by atoms with Crippen LogP contribution in [0.5, 0.6) is 0 Å². The highest BCUT2D eigenvalue weighted by atomic mass is 32.2. The van der Waals surface area contributed by atoms with E-state index in [2.05, 4.69) is 62.1 Å². The summed E-state index contributed by atoms with van der Waals surface area (Å²) in [5.41, 5.74) is 2.75. The zero-order chi connectivity index (χ0) is 11.5. The van der Waals surface area contributed by atoms with Gasteiger partial charge in [-0.3, -0.25) is 0 Å². The predicted molar refractivity (Wildman–Crippen MR) is 73.1 cm³/mol. The molecule has 1 aromatic rings. The van der Waals surface area contributed by atoms with Crippen molar-refractivity contribution in [3.8, 4) is 0 Å². The smallest absolute Gasteiger partial charge is 0.0294 e. The number of thioether (sulfide) groups is 1. The molecule has 1 aliphatic heterocycles. The van der Waals surface area contributed by atoms with Crippen LogP contribution in [-0.4, -0.2) is 17.0 Å². The summed E-state index contributed by atoms with van der Waals surface area (Å²) < 4.78 is 0. The van der Waals surface area contributed by atoms with Crippen molar-refractivity contribution in [2.24, 2.45) is 0 Å². The van der Waals surface area contributed by atoms with Crippen LogP contribution >= 0.6 is 11.8 Å². The van der Waals surface area contributed by atoms with Crippen LogP contribution in [0.4, 0.5) is 0 Å². The molecule has 1 aromatic carbocycles. The molecule has 0 aliphatic carbocycles. The van der Waals surface area contributed by atoms with Crippen molar-refractivity contribution in [1.82, 2.24) is 5.32 Å². The van der Waals surface area contributed by atoms with Crippen LogP contribution in [0.3, 0.4) is 0 Å². The minimum absolute atomic E-state index is 0.464. The molecule has 0 aromatic heterocycles. The van der Waals surface area contributed by atoms with E-state index >= 15 is 0 Å². The third-order valence-electron chi connectivity index (χ3n) is 3.38. The summed E-state index contributed by atoms with van der Waals surface area (Å²) in [5.74, 6) is 1.30. The van der Waals surface area contributed by atoms with E-state index in [4.69, 9.17) is 0 Å². The molecule has 1 heterocycles. The van der Waals surface area contributed by atoms with Crippen molar-refractivity contribution in [1.29, 1.82) is 0 Å². The maximum atomic E-state index is 3.75. The molecule has 1 saturated heterocycles. The molecule has 88 valence electrons. The number of hydrogen-bond donors (Lipinski definition) is 1. The number of aryl methyl sites for hydroxylation is 1. The van der Waals surface area contributed by atoms with Crippen LogP contribution < -0.4 is 5.32 Å². The largest absolute Gasteiger partial charge is 0.306 e. The first-order valence-corrected chi connectivity index (χ1v) is 7.16. The lowest BCUT2D eigenvalue weighted by Gasteiger charge is -2.22. The van der Waals surface area contributed by atoms with Gasteiger partial charge in [0.1, 0.15) is 0 Å². The third kappa shape index (κ3) is 2.80. The Labute approximate surface area is 103 Å². The fourth-order valence-electron chi connectivity index (χ4n) is 2.31. The summed E-state index contributed by atoms with van der Waals surface area (Å²) in [6, 6.07) is 9.95. The van der Waals surface area contributed by atoms with Gasteiger partial charge in [0.25, 0.3) is 0 Å². The van der Waals surface area contributed by atoms with E-state index in [0.29, 0.717) is 12.1 Å². The molecule has 3 atom stereocenters. The normalized spacial score (nSPS) is 26.9. The molecule has 1 nitrogen and oxygen atoms in total. The van der Waals surface area contributed by atoms with E-state index in [9.17, 15) is 0 Å². The fourth-order valence-corrected chi connectivity index (χ4v) is 3.52. The van der Waals surface area contributed by atoms with Crippen molar-refractivity contribution in [2.45, 2.75) is 44.5 Å². The van der Waals surface area contributed by atoms with Crippen molar-refractivity contribution >= 4 is 11.8 Å². The standard InChI is InChI=1S/C14H21NS/c1-10-5-4-6-13(9-10)11(2)15-14-7-8-16-12(14)3/h4-6,9,11-12,14-15H,7-8H2,1-3H3/t11-,12?,14?/m0/s1. The minimum atomic E-state index is 0.464. The van der Waals surface area contributed by atoms with Gasteiger partial charge in [-0.2, -0.15) is 11.8 Å². The first-order valence-electron chi connectivity index (χ1n) is 6.11. The van der Waals surface area contributed by atoms with Gasteiger partial charge >= 0.3 is 0 Å². The molecule has 1 fully saturated rings. The Hall–Kier alpha value is -0.470. The van der Waals surface area contributed by atoms with E-state index in [-0.39, 0.29) is 0 Å². The van der Waals surface area contributed by atoms with Gasteiger partial charge in [-0.1, -0.05) is 36.8 Å². The maximum absolute atomic E-state index is 3.75. The second-order valence-electron chi connectivity index (χ2n) is 4.77. The number of nitrogens with one attached hydrogen (secondary N) is 1. The molecular formula is C14H21NS. The molecule has 16 heavy (non-hydrogen) atoms. The molecule has 0 amide bonds. The summed E-state index contributed by atoms with van der Waals surface area (Å²) >= 11 is 2.08. The minimum Gasteiger partial charge on any atom is -0.306 e. The number of rotatable bonds is 3. The molecule has 2 heteroatoms. The highest BCUT2D eigenvalue weighted by Gasteiger charge is 2.25. The summed E-state index contributed by atoms with van der Waals surface area (Å²) in [7, 11) is 0.